The molecule has 0 fully saturated rings. The third-order valence-electron chi connectivity index (χ3n) is 3.58. The molecule has 1 aliphatic rings. The van der Waals surface area contributed by atoms with Crippen molar-refractivity contribution in [1.29, 1.82) is 0 Å². The highest BCUT2D eigenvalue weighted by Gasteiger charge is 2.30. The van der Waals surface area contributed by atoms with Gasteiger partial charge >= 0.3 is 0 Å². The molecule has 1 heterocycles. The number of carbonyl (C=O) groups is 1. The lowest BCUT2D eigenvalue weighted by Crippen LogP contribution is -1.98. The number of halogens is 2. The Bertz CT molecular complexity index is 825. The predicted molar refractivity (Wildman–Crippen MR) is 91.7 cm³/mol. The van der Waals surface area contributed by atoms with Gasteiger partial charge in [0.15, 0.2) is 5.76 Å². The first-order valence-electron chi connectivity index (χ1n) is 7.17. The van der Waals surface area contributed by atoms with Crippen LogP contribution < -0.4 is 9.47 Å². The summed E-state index contributed by atoms with van der Waals surface area (Å²) < 4.78 is 11.3. The maximum Gasteiger partial charge on any atom is 0.231 e. The molecule has 0 bridgehead atoms. The van der Waals surface area contributed by atoms with Gasteiger partial charge in [-0.2, -0.15) is 0 Å². The Hall–Kier alpha value is -1.97. The van der Waals surface area contributed by atoms with Crippen molar-refractivity contribution in [3.8, 4) is 11.5 Å². The second-order valence-corrected chi connectivity index (χ2v) is 5.93. The summed E-state index contributed by atoms with van der Waals surface area (Å²) in [5.41, 5.74) is 2.10. The average Bonchev–Trinajstić information content (AvgIpc) is 2.84. The lowest BCUT2D eigenvalue weighted by atomic mass is 10.1. The number of carbonyl (C=O) groups excluding carboxylic acids is 1. The van der Waals surface area contributed by atoms with Crippen LogP contribution in [-0.4, -0.2) is 12.4 Å². The van der Waals surface area contributed by atoms with Gasteiger partial charge in [0.2, 0.25) is 5.78 Å². The molecule has 0 aliphatic carbocycles. The van der Waals surface area contributed by atoms with E-state index in [0.717, 1.165) is 16.9 Å². The Morgan fingerprint density at radius 2 is 1.96 bits per heavy atom. The number of Topliss-reactive ketones (excluding diaryl/α,β-unsaturated/α-hetero) is 1. The highest BCUT2D eigenvalue weighted by molar-refractivity contribution is 6.42. The number of hydrogen-bond acceptors (Lipinski definition) is 3. The van der Waals surface area contributed by atoms with E-state index in [1.165, 1.54) is 0 Å². The third-order valence-corrected chi connectivity index (χ3v) is 4.32. The number of hydrogen-bond donors (Lipinski definition) is 0. The average molecular weight is 349 g/mol. The fourth-order valence-corrected chi connectivity index (χ4v) is 2.74. The van der Waals surface area contributed by atoms with Crippen molar-refractivity contribution in [2.75, 3.05) is 6.61 Å². The molecule has 0 aromatic heterocycles. The van der Waals surface area contributed by atoms with E-state index in [0.29, 0.717) is 28.0 Å². The van der Waals surface area contributed by atoms with Crippen molar-refractivity contribution in [2.45, 2.75) is 13.8 Å². The Morgan fingerprint density at radius 3 is 2.65 bits per heavy atom. The number of ketones is 1. The monoisotopic (exact) mass is 348 g/mol. The zero-order valence-corrected chi connectivity index (χ0v) is 14.2. The van der Waals surface area contributed by atoms with Gasteiger partial charge in [0.05, 0.1) is 22.2 Å². The summed E-state index contributed by atoms with van der Waals surface area (Å²) in [6.45, 7) is 4.34. The lowest BCUT2D eigenvalue weighted by molar-refractivity contribution is 0.101. The molecule has 1 aliphatic heterocycles. The van der Waals surface area contributed by atoms with Gasteiger partial charge in [-0.1, -0.05) is 29.3 Å². The van der Waals surface area contributed by atoms with Crippen LogP contribution in [0, 0.1) is 6.92 Å². The first kappa shape index (κ1) is 15.9. The molecule has 0 radical (unpaired) electrons. The third kappa shape index (κ3) is 2.94. The quantitative estimate of drug-likeness (QED) is 0.704. The van der Waals surface area contributed by atoms with Crippen molar-refractivity contribution in [2.24, 2.45) is 0 Å². The van der Waals surface area contributed by atoms with Crippen LogP contribution in [0.4, 0.5) is 0 Å². The summed E-state index contributed by atoms with van der Waals surface area (Å²) in [7, 11) is 0. The molecule has 3 rings (SSSR count). The zero-order valence-electron chi connectivity index (χ0n) is 12.7. The maximum absolute atomic E-state index is 12.5. The Balaban J connectivity index is 1.98. The Morgan fingerprint density at radius 1 is 1.17 bits per heavy atom. The van der Waals surface area contributed by atoms with Gasteiger partial charge in [-0.05, 0) is 49.8 Å². The van der Waals surface area contributed by atoms with E-state index in [1.807, 2.05) is 13.8 Å². The summed E-state index contributed by atoms with van der Waals surface area (Å²) in [5, 5.41) is 0.895. The van der Waals surface area contributed by atoms with Gasteiger partial charge in [0, 0.05) is 5.56 Å². The summed E-state index contributed by atoms with van der Waals surface area (Å²) in [6.07, 6.45) is 1.66. The highest BCUT2D eigenvalue weighted by atomic mass is 35.5. The molecule has 0 atom stereocenters. The molecule has 2 aromatic rings. The van der Waals surface area contributed by atoms with Gasteiger partial charge in [-0.3, -0.25) is 4.79 Å². The normalized spacial score (nSPS) is 14.8. The number of benzene rings is 2. The Kier molecular flexibility index (Phi) is 4.33. The molecular formula is C18H14Cl2O3. The van der Waals surface area contributed by atoms with Gasteiger partial charge < -0.3 is 9.47 Å². The lowest BCUT2D eigenvalue weighted by Gasteiger charge is -2.09. The molecule has 2 aromatic carbocycles. The van der Waals surface area contributed by atoms with Crippen molar-refractivity contribution in [3.05, 3.63) is 62.8 Å². The fourth-order valence-electron chi connectivity index (χ4n) is 2.43. The SMILES string of the molecule is CCOc1ccc2c(c1C)O/C(=C\c1ccc(Cl)c(Cl)c1)C2=O. The summed E-state index contributed by atoms with van der Waals surface area (Å²) in [4.78, 5) is 12.5. The minimum absolute atomic E-state index is 0.155. The van der Waals surface area contributed by atoms with Gasteiger partial charge in [0.1, 0.15) is 11.5 Å². The van der Waals surface area contributed by atoms with Crippen molar-refractivity contribution >= 4 is 35.1 Å². The summed E-state index contributed by atoms with van der Waals surface area (Å²) >= 11 is 11.9. The van der Waals surface area contributed by atoms with Crippen LogP contribution in [0.25, 0.3) is 6.08 Å². The van der Waals surface area contributed by atoms with Crippen LogP contribution in [0.1, 0.15) is 28.4 Å². The van der Waals surface area contributed by atoms with Crippen LogP contribution in [0.3, 0.4) is 0 Å². The number of fused-ring (bicyclic) bond motifs is 1. The number of ether oxygens (including phenoxy) is 2. The molecule has 0 saturated carbocycles. The van der Waals surface area contributed by atoms with E-state index >= 15 is 0 Å². The second kappa shape index (κ2) is 6.26. The van der Waals surface area contributed by atoms with Crippen LogP contribution in [0.15, 0.2) is 36.1 Å². The summed E-state index contributed by atoms with van der Waals surface area (Å²) in [6, 6.07) is 8.67. The molecule has 0 saturated heterocycles. The summed E-state index contributed by atoms with van der Waals surface area (Å²) in [5.74, 6) is 1.37. The predicted octanol–water partition coefficient (Wildman–Crippen LogP) is 5.32. The number of rotatable bonds is 3. The van der Waals surface area contributed by atoms with Crippen LogP contribution in [0.2, 0.25) is 10.0 Å². The van der Waals surface area contributed by atoms with E-state index in [9.17, 15) is 4.79 Å². The molecule has 5 heteroatoms. The zero-order chi connectivity index (χ0) is 16.6. The first-order valence-corrected chi connectivity index (χ1v) is 7.92. The fraction of sp³-hybridized carbons (Fsp3) is 0.167. The van der Waals surface area contributed by atoms with Gasteiger partial charge in [-0.15, -0.1) is 0 Å². The van der Waals surface area contributed by atoms with Crippen LogP contribution >= 0.6 is 23.2 Å². The molecular weight excluding hydrogens is 335 g/mol. The van der Waals surface area contributed by atoms with Crippen LogP contribution in [-0.2, 0) is 0 Å². The maximum atomic E-state index is 12.5. The molecule has 23 heavy (non-hydrogen) atoms. The Labute approximate surface area is 144 Å². The second-order valence-electron chi connectivity index (χ2n) is 5.11. The number of allylic oxidation sites excluding steroid dienone is 1. The van der Waals surface area contributed by atoms with E-state index in [4.69, 9.17) is 32.7 Å². The van der Waals surface area contributed by atoms with E-state index in [-0.39, 0.29) is 11.5 Å². The van der Waals surface area contributed by atoms with Gasteiger partial charge in [-0.25, -0.2) is 0 Å². The van der Waals surface area contributed by atoms with Crippen molar-refractivity contribution in [1.82, 2.24) is 0 Å². The van der Waals surface area contributed by atoms with Crippen LogP contribution in [0.5, 0.6) is 11.5 Å². The van der Waals surface area contributed by atoms with Crippen molar-refractivity contribution < 1.29 is 14.3 Å². The molecule has 118 valence electrons. The minimum Gasteiger partial charge on any atom is -0.493 e. The largest absolute Gasteiger partial charge is 0.493 e. The molecule has 0 unspecified atom stereocenters. The molecule has 0 amide bonds. The molecule has 0 spiro atoms. The van der Waals surface area contributed by atoms with Gasteiger partial charge in [0.25, 0.3) is 0 Å². The van der Waals surface area contributed by atoms with E-state index < -0.39 is 0 Å². The highest BCUT2D eigenvalue weighted by Crippen LogP contribution is 2.39. The van der Waals surface area contributed by atoms with E-state index in [2.05, 4.69) is 0 Å². The topological polar surface area (TPSA) is 35.5 Å². The molecule has 0 N–H and O–H groups in total. The minimum atomic E-state index is -0.155. The molecule has 3 nitrogen and oxygen atoms in total. The first-order chi connectivity index (χ1) is 11.0. The van der Waals surface area contributed by atoms with Crippen molar-refractivity contribution in [3.63, 3.8) is 0 Å². The van der Waals surface area contributed by atoms with E-state index in [1.54, 1.807) is 36.4 Å². The standard InChI is InChI=1S/C18H14Cl2O3/c1-3-22-15-7-5-12-17(21)16(23-18(12)10(15)2)9-11-4-6-13(19)14(20)8-11/h4-9H,3H2,1-2H3/b16-9-. The smallest absolute Gasteiger partial charge is 0.231 e.